The highest BCUT2D eigenvalue weighted by molar-refractivity contribution is 5.91. The van der Waals surface area contributed by atoms with E-state index in [0.29, 0.717) is 12.1 Å². The number of unbranched alkanes of at least 4 members (excludes halogenated alkanes) is 4. The topological polar surface area (TPSA) is 69.6 Å². The molecule has 1 aromatic rings. The molecule has 0 atom stereocenters. The molecule has 0 fully saturated rings. The first kappa shape index (κ1) is 16.1. The molecule has 1 aromatic carbocycles. The van der Waals surface area contributed by atoms with Gasteiger partial charge in [-0.15, -0.1) is 0 Å². The summed E-state index contributed by atoms with van der Waals surface area (Å²) in [6.07, 6.45) is 8.86. The quantitative estimate of drug-likeness (QED) is 0.388. The van der Waals surface area contributed by atoms with Crippen molar-refractivity contribution in [2.75, 3.05) is 6.54 Å². The predicted octanol–water partition coefficient (Wildman–Crippen LogP) is 3.20. The Labute approximate surface area is 120 Å². The largest absolute Gasteiger partial charge is 0.504 e. The van der Waals surface area contributed by atoms with E-state index in [1.807, 2.05) is 0 Å². The maximum atomic E-state index is 11.5. The van der Waals surface area contributed by atoms with Crippen LogP contribution < -0.4 is 5.32 Å². The van der Waals surface area contributed by atoms with Crippen LogP contribution in [0.5, 0.6) is 11.5 Å². The summed E-state index contributed by atoms with van der Waals surface area (Å²) < 4.78 is 0. The zero-order chi connectivity index (χ0) is 14.8. The number of aromatic hydroxyl groups is 2. The lowest BCUT2D eigenvalue weighted by atomic mass is 10.1. The third-order valence-electron chi connectivity index (χ3n) is 3.01. The zero-order valence-electron chi connectivity index (χ0n) is 11.9. The first-order chi connectivity index (χ1) is 9.63. The summed E-state index contributed by atoms with van der Waals surface area (Å²) in [5, 5.41) is 21.3. The van der Waals surface area contributed by atoms with Gasteiger partial charge in [-0.25, -0.2) is 0 Å². The van der Waals surface area contributed by atoms with Crippen molar-refractivity contribution in [2.24, 2.45) is 0 Å². The second-order valence-corrected chi connectivity index (χ2v) is 4.79. The van der Waals surface area contributed by atoms with Crippen molar-refractivity contribution in [3.8, 4) is 11.5 Å². The third kappa shape index (κ3) is 6.27. The summed E-state index contributed by atoms with van der Waals surface area (Å²) in [6.45, 7) is 2.86. The lowest BCUT2D eigenvalue weighted by molar-refractivity contribution is -0.116. The minimum atomic E-state index is -0.191. The van der Waals surface area contributed by atoms with Crippen molar-refractivity contribution in [2.45, 2.75) is 39.0 Å². The minimum absolute atomic E-state index is 0.145. The van der Waals surface area contributed by atoms with Gasteiger partial charge in [0.15, 0.2) is 11.5 Å². The van der Waals surface area contributed by atoms with E-state index in [0.717, 1.165) is 12.8 Å². The Morgan fingerprint density at radius 1 is 1.15 bits per heavy atom. The van der Waals surface area contributed by atoms with E-state index < -0.39 is 0 Å². The van der Waals surface area contributed by atoms with Crippen molar-refractivity contribution in [1.29, 1.82) is 0 Å². The molecule has 0 bridgehead atoms. The number of carbonyl (C=O) groups excluding carboxylic acids is 1. The van der Waals surface area contributed by atoms with E-state index in [4.69, 9.17) is 0 Å². The van der Waals surface area contributed by atoms with Crippen molar-refractivity contribution < 1.29 is 15.0 Å². The van der Waals surface area contributed by atoms with Crippen molar-refractivity contribution >= 4 is 12.0 Å². The summed E-state index contributed by atoms with van der Waals surface area (Å²) >= 11 is 0. The summed E-state index contributed by atoms with van der Waals surface area (Å²) in [6, 6.07) is 4.42. The Morgan fingerprint density at radius 2 is 1.90 bits per heavy atom. The van der Waals surface area contributed by atoms with Gasteiger partial charge in [0.2, 0.25) is 5.91 Å². The first-order valence-corrected chi connectivity index (χ1v) is 7.11. The van der Waals surface area contributed by atoms with Gasteiger partial charge in [-0.3, -0.25) is 4.79 Å². The molecule has 3 N–H and O–H groups in total. The average Bonchev–Trinajstić information content (AvgIpc) is 2.44. The maximum absolute atomic E-state index is 11.5. The summed E-state index contributed by atoms with van der Waals surface area (Å²) in [5.74, 6) is -0.504. The molecule has 0 aliphatic heterocycles. The van der Waals surface area contributed by atoms with Crippen molar-refractivity contribution in [3.05, 3.63) is 29.8 Å². The molecule has 20 heavy (non-hydrogen) atoms. The van der Waals surface area contributed by atoms with Gasteiger partial charge in [-0.1, -0.05) is 38.7 Å². The van der Waals surface area contributed by atoms with E-state index in [1.54, 1.807) is 12.1 Å². The molecule has 0 unspecified atom stereocenters. The van der Waals surface area contributed by atoms with E-state index >= 15 is 0 Å². The van der Waals surface area contributed by atoms with Crippen LogP contribution in [0.1, 0.15) is 44.6 Å². The highest BCUT2D eigenvalue weighted by Gasteiger charge is 1.99. The van der Waals surface area contributed by atoms with Gasteiger partial charge in [0.25, 0.3) is 0 Å². The fraction of sp³-hybridized carbons (Fsp3) is 0.438. The van der Waals surface area contributed by atoms with Crippen LogP contribution >= 0.6 is 0 Å². The second kappa shape index (κ2) is 9.02. The zero-order valence-corrected chi connectivity index (χ0v) is 11.9. The van der Waals surface area contributed by atoms with Crippen molar-refractivity contribution in [1.82, 2.24) is 5.32 Å². The number of carbonyl (C=O) groups is 1. The molecule has 0 saturated carbocycles. The SMILES string of the molecule is CCCCCCCNC(=O)C=Cc1ccc(O)c(O)c1. The minimum Gasteiger partial charge on any atom is -0.504 e. The number of hydrogen-bond donors (Lipinski definition) is 3. The molecule has 4 heteroatoms. The van der Waals surface area contributed by atoms with Crippen LogP contribution in [-0.2, 0) is 4.79 Å². The molecule has 110 valence electrons. The predicted molar refractivity (Wildman–Crippen MR) is 80.6 cm³/mol. The molecular formula is C16H23NO3. The Bertz CT molecular complexity index is 455. The standard InChI is InChI=1S/C16H23NO3/c1-2-3-4-5-6-11-17-16(20)10-8-13-7-9-14(18)15(19)12-13/h7-10,12,18-19H,2-6,11H2,1H3,(H,17,20). The highest BCUT2D eigenvalue weighted by Crippen LogP contribution is 2.25. The van der Waals surface area contributed by atoms with Crippen LogP contribution in [-0.4, -0.2) is 22.7 Å². The lowest BCUT2D eigenvalue weighted by Gasteiger charge is -2.02. The second-order valence-electron chi connectivity index (χ2n) is 4.79. The first-order valence-electron chi connectivity index (χ1n) is 7.11. The number of benzene rings is 1. The maximum Gasteiger partial charge on any atom is 0.243 e. The van der Waals surface area contributed by atoms with Crippen LogP contribution in [0.3, 0.4) is 0 Å². The van der Waals surface area contributed by atoms with E-state index in [-0.39, 0.29) is 17.4 Å². The smallest absolute Gasteiger partial charge is 0.243 e. The van der Waals surface area contributed by atoms with Crippen LogP contribution in [0.25, 0.3) is 6.08 Å². The van der Waals surface area contributed by atoms with Gasteiger partial charge in [-0.2, -0.15) is 0 Å². The van der Waals surface area contributed by atoms with Crippen molar-refractivity contribution in [3.63, 3.8) is 0 Å². The molecule has 0 radical (unpaired) electrons. The summed E-state index contributed by atoms with van der Waals surface area (Å²) in [5.41, 5.74) is 0.665. The number of phenols is 2. The van der Waals surface area contributed by atoms with Gasteiger partial charge in [-0.05, 0) is 30.2 Å². The summed E-state index contributed by atoms with van der Waals surface area (Å²) in [4.78, 5) is 11.5. The van der Waals surface area contributed by atoms with Crippen LogP contribution in [0.15, 0.2) is 24.3 Å². The molecule has 0 aromatic heterocycles. The molecule has 0 aliphatic rings. The number of phenolic OH excluding ortho intramolecular Hbond substituents is 2. The molecule has 0 saturated heterocycles. The van der Waals surface area contributed by atoms with Crippen LogP contribution in [0.2, 0.25) is 0 Å². The molecular weight excluding hydrogens is 254 g/mol. The number of nitrogens with one attached hydrogen (secondary N) is 1. The van der Waals surface area contributed by atoms with Gasteiger partial charge < -0.3 is 15.5 Å². The summed E-state index contributed by atoms with van der Waals surface area (Å²) in [7, 11) is 0. The Hall–Kier alpha value is -1.97. The monoisotopic (exact) mass is 277 g/mol. The normalized spacial score (nSPS) is 10.8. The van der Waals surface area contributed by atoms with Gasteiger partial charge >= 0.3 is 0 Å². The number of hydrogen-bond acceptors (Lipinski definition) is 3. The fourth-order valence-electron chi connectivity index (χ4n) is 1.82. The van der Waals surface area contributed by atoms with Gasteiger partial charge in [0, 0.05) is 12.6 Å². The van der Waals surface area contributed by atoms with Crippen LogP contribution in [0.4, 0.5) is 0 Å². The number of rotatable bonds is 8. The van der Waals surface area contributed by atoms with E-state index in [9.17, 15) is 15.0 Å². The molecule has 1 amide bonds. The molecule has 1 rings (SSSR count). The lowest BCUT2D eigenvalue weighted by Crippen LogP contribution is -2.21. The molecule has 0 spiro atoms. The fourth-order valence-corrected chi connectivity index (χ4v) is 1.82. The van der Waals surface area contributed by atoms with E-state index in [2.05, 4.69) is 12.2 Å². The van der Waals surface area contributed by atoms with Gasteiger partial charge in [0.05, 0.1) is 0 Å². The van der Waals surface area contributed by atoms with Crippen LogP contribution in [0, 0.1) is 0 Å². The molecule has 0 heterocycles. The number of amides is 1. The third-order valence-corrected chi connectivity index (χ3v) is 3.01. The van der Waals surface area contributed by atoms with E-state index in [1.165, 1.54) is 37.5 Å². The Morgan fingerprint density at radius 3 is 2.60 bits per heavy atom. The molecule has 0 aliphatic carbocycles. The Balaban J connectivity index is 2.27. The molecule has 4 nitrogen and oxygen atoms in total. The highest BCUT2D eigenvalue weighted by atomic mass is 16.3. The Kier molecular flexibility index (Phi) is 7.25. The average molecular weight is 277 g/mol. The van der Waals surface area contributed by atoms with Gasteiger partial charge in [0.1, 0.15) is 0 Å².